The van der Waals surface area contributed by atoms with E-state index >= 15 is 0 Å². The second-order valence-electron chi connectivity index (χ2n) is 5.06. The van der Waals surface area contributed by atoms with Gasteiger partial charge in [-0.3, -0.25) is 4.79 Å². The van der Waals surface area contributed by atoms with E-state index in [1.165, 1.54) is 26.2 Å². The van der Waals surface area contributed by atoms with Gasteiger partial charge >= 0.3 is 0 Å². The summed E-state index contributed by atoms with van der Waals surface area (Å²) in [7, 11) is 2.17. The summed E-state index contributed by atoms with van der Waals surface area (Å²) in [6, 6.07) is 0. The predicted molar refractivity (Wildman–Crippen MR) is 64.3 cm³/mol. The van der Waals surface area contributed by atoms with E-state index in [1.54, 1.807) is 0 Å². The Balaban J connectivity index is 1.49. The van der Waals surface area contributed by atoms with E-state index in [1.807, 2.05) is 0 Å². The van der Waals surface area contributed by atoms with E-state index in [9.17, 15) is 4.79 Å². The van der Waals surface area contributed by atoms with Gasteiger partial charge < -0.3 is 15.1 Å². The van der Waals surface area contributed by atoms with E-state index in [-0.39, 0.29) is 5.91 Å². The maximum Gasteiger partial charge on any atom is 0.223 e. The molecule has 2 aliphatic rings. The minimum absolute atomic E-state index is 0.276. The quantitative estimate of drug-likeness (QED) is 0.677. The van der Waals surface area contributed by atoms with Gasteiger partial charge in [0.2, 0.25) is 5.91 Å². The number of likely N-dealkylation sites (N-methyl/N-ethyl adjacent to an activating group) is 1. The van der Waals surface area contributed by atoms with E-state index in [2.05, 4.69) is 22.2 Å². The lowest BCUT2D eigenvalue weighted by Gasteiger charge is -2.32. The molecule has 4 heteroatoms. The second kappa shape index (κ2) is 5.64. The molecule has 0 spiro atoms. The molecule has 1 amide bonds. The van der Waals surface area contributed by atoms with Crippen LogP contribution in [0.2, 0.25) is 0 Å². The summed E-state index contributed by atoms with van der Waals surface area (Å²) in [6.07, 6.45) is 3.29. The maximum atomic E-state index is 11.4. The minimum atomic E-state index is 0.276. The molecule has 0 unspecified atom stereocenters. The molecule has 2 fully saturated rings. The number of nitrogens with one attached hydrogen (secondary N) is 1. The van der Waals surface area contributed by atoms with Crippen molar-refractivity contribution < 1.29 is 4.79 Å². The van der Waals surface area contributed by atoms with Gasteiger partial charge in [0, 0.05) is 38.6 Å². The Morgan fingerprint density at radius 2 is 1.94 bits per heavy atom. The summed E-state index contributed by atoms with van der Waals surface area (Å²) in [5.74, 6) is 0.627. The number of rotatable bonds is 5. The molecule has 1 aliphatic heterocycles. The summed E-state index contributed by atoms with van der Waals surface area (Å²) >= 11 is 0. The maximum absolute atomic E-state index is 11.4. The molecule has 92 valence electrons. The van der Waals surface area contributed by atoms with Crippen molar-refractivity contribution in [2.75, 3.05) is 46.3 Å². The number of hydrogen-bond donors (Lipinski definition) is 1. The van der Waals surface area contributed by atoms with Crippen molar-refractivity contribution in [3.05, 3.63) is 0 Å². The van der Waals surface area contributed by atoms with Gasteiger partial charge in [0.1, 0.15) is 0 Å². The Morgan fingerprint density at radius 1 is 1.25 bits per heavy atom. The topological polar surface area (TPSA) is 35.6 Å². The van der Waals surface area contributed by atoms with Gasteiger partial charge in [-0.1, -0.05) is 0 Å². The van der Waals surface area contributed by atoms with Crippen LogP contribution in [0.1, 0.15) is 19.3 Å². The zero-order valence-electron chi connectivity index (χ0n) is 10.2. The molecule has 1 N–H and O–H groups in total. The van der Waals surface area contributed by atoms with Crippen LogP contribution in [-0.2, 0) is 4.79 Å². The molecule has 0 aromatic carbocycles. The van der Waals surface area contributed by atoms with Gasteiger partial charge in [0.25, 0.3) is 0 Å². The number of nitrogens with zero attached hydrogens (tertiary/aromatic N) is 2. The Labute approximate surface area is 98.0 Å². The number of piperazine rings is 1. The zero-order chi connectivity index (χ0) is 11.4. The monoisotopic (exact) mass is 225 g/mol. The molecule has 0 aromatic rings. The standard InChI is InChI=1S/C12H23N3O/c1-14-7-9-15(10-8-14)6-2-5-13-12(16)11-3-4-11/h11H,2-10H2,1H3,(H,13,16). The molecule has 16 heavy (non-hydrogen) atoms. The Bertz CT molecular complexity index is 232. The van der Waals surface area contributed by atoms with Gasteiger partial charge in [0.05, 0.1) is 0 Å². The lowest BCUT2D eigenvalue weighted by Crippen LogP contribution is -2.45. The molecule has 0 bridgehead atoms. The van der Waals surface area contributed by atoms with Crippen molar-refractivity contribution in [3.63, 3.8) is 0 Å². The highest BCUT2D eigenvalue weighted by Crippen LogP contribution is 2.28. The van der Waals surface area contributed by atoms with E-state index in [0.29, 0.717) is 5.92 Å². The molecule has 1 aliphatic carbocycles. The summed E-state index contributed by atoms with van der Waals surface area (Å²) in [5, 5.41) is 3.02. The molecule has 0 aromatic heterocycles. The predicted octanol–water partition coefficient (Wildman–Crippen LogP) is 0.150. The molecular formula is C12H23N3O. The van der Waals surface area contributed by atoms with E-state index in [0.717, 1.165) is 32.4 Å². The summed E-state index contributed by atoms with van der Waals surface area (Å²) in [4.78, 5) is 16.2. The fourth-order valence-electron chi connectivity index (χ4n) is 2.08. The van der Waals surface area contributed by atoms with Crippen LogP contribution in [0, 0.1) is 5.92 Å². The van der Waals surface area contributed by atoms with Crippen LogP contribution in [0.3, 0.4) is 0 Å². The third-order valence-electron chi connectivity index (χ3n) is 3.49. The first kappa shape index (κ1) is 11.9. The SMILES string of the molecule is CN1CCN(CCCNC(=O)C2CC2)CC1. The third-order valence-corrected chi connectivity index (χ3v) is 3.49. The first-order valence-electron chi connectivity index (χ1n) is 6.44. The van der Waals surface area contributed by atoms with Gasteiger partial charge in [-0.15, -0.1) is 0 Å². The number of carbonyl (C=O) groups is 1. The second-order valence-corrected chi connectivity index (χ2v) is 5.06. The Kier molecular flexibility index (Phi) is 4.18. The zero-order valence-corrected chi connectivity index (χ0v) is 10.2. The Morgan fingerprint density at radius 3 is 2.56 bits per heavy atom. The molecule has 1 heterocycles. The van der Waals surface area contributed by atoms with E-state index in [4.69, 9.17) is 0 Å². The van der Waals surface area contributed by atoms with Crippen LogP contribution < -0.4 is 5.32 Å². The van der Waals surface area contributed by atoms with Crippen LogP contribution in [0.4, 0.5) is 0 Å². The van der Waals surface area contributed by atoms with Crippen LogP contribution in [0.5, 0.6) is 0 Å². The average Bonchev–Trinajstić information content (AvgIpc) is 3.10. The molecule has 1 saturated carbocycles. The molecule has 4 nitrogen and oxygen atoms in total. The van der Waals surface area contributed by atoms with Gasteiger partial charge in [-0.2, -0.15) is 0 Å². The van der Waals surface area contributed by atoms with Crippen molar-refractivity contribution in [1.82, 2.24) is 15.1 Å². The summed E-state index contributed by atoms with van der Waals surface area (Å²) in [5.41, 5.74) is 0. The van der Waals surface area contributed by atoms with Crippen molar-refractivity contribution in [1.29, 1.82) is 0 Å². The van der Waals surface area contributed by atoms with Crippen molar-refractivity contribution in [3.8, 4) is 0 Å². The lowest BCUT2D eigenvalue weighted by atomic mass is 10.3. The summed E-state index contributed by atoms with van der Waals surface area (Å²) < 4.78 is 0. The van der Waals surface area contributed by atoms with Crippen molar-refractivity contribution in [2.24, 2.45) is 5.92 Å². The third kappa shape index (κ3) is 3.76. The number of carbonyl (C=O) groups excluding carboxylic acids is 1. The van der Waals surface area contributed by atoms with Gasteiger partial charge in [-0.05, 0) is 32.9 Å². The minimum Gasteiger partial charge on any atom is -0.356 e. The van der Waals surface area contributed by atoms with Gasteiger partial charge in [-0.25, -0.2) is 0 Å². The fraction of sp³-hybridized carbons (Fsp3) is 0.917. The highest BCUT2D eigenvalue weighted by atomic mass is 16.2. The normalized spacial score (nSPS) is 23.3. The number of amides is 1. The van der Waals surface area contributed by atoms with Crippen molar-refractivity contribution in [2.45, 2.75) is 19.3 Å². The first-order valence-corrected chi connectivity index (χ1v) is 6.44. The van der Waals surface area contributed by atoms with Crippen LogP contribution in [-0.4, -0.2) is 62.0 Å². The Hall–Kier alpha value is -0.610. The summed E-state index contributed by atoms with van der Waals surface area (Å²) in [6.45, 7) is 6.67. The number of hydrogen-bond acceptors (Lipinski definition) is 3. The highest BCUT2D eigenvalue weighted by Gasteiger charge is 2.28. The molecular weight excluding hydrogens is 202 g/mol. The smallest absolute Gasteiger partial charge is 0.223 e. The molecule has 1 saturated heterocycles. The fourth-order valence-corrected chi connectivity index (χ4v) is 2.08. The molecule has 0 radical (unpaired) electrons. The molecule has 0 atom stereocenters. The first-order chi connectivity index (χ1) is 7.75. The van der Waals surface area contributed by atoms with Crippen molar-refractivity contribution >= 4 is 5.91 Å². The van der Waals surface area contributed by atoms with E-state index < -0.39 is 0 Å². The van der Waals surface area contributed by atoms with Crippen LogP contribution in [0.25, 0.3) is 0 Å². The lowest BCUT2D eigenvalue weighted by molar-refractivity contribution is -0.122. The highest BCUT2D eigenvalue weighted by molar-refractivity contribution is 5.80. The largest absolute Gasteiger partial charge is 0.356 e. The van der Waals surface area contributed by atoms with Crippen LogP contribution in [0.15, 0.2) is 0 Å². The van der Waals surface area contributed by atoms with Crippen LogP contribution >= 0.6 is 0 Å². The average molecular weight is 225 g/mol. The van der Waals surface area contributed by atoms with Gasteiger partial charge in [0.15, 0.2) is 0 Å². The molecule has 2 rings (SSSR count).